The third kappa shape index (κ3) is 6.68. The number of rotatable bonds is 5. The summed E-state index contributed by atoms with van der Waals surface area (Å²) in [6.07, 6.45) is -1.99. The zero-order valence-electron chi connectivity index (χ0n) is 8.74. The van der Waals surface area contributed by atoms with Gasteiger partial charge < -0.3 is 9.47 Å². The van der Waals surface area contributed by atoms with E-state index in [1.807, 2.05) is 0 Å². The van der Waals surface area contributed by atoms with E-state index < -0.39 is 27.7 Å². The molecule has 9 heteroatoms. The average molecular weight is 307 g/mol. The quantitative estimate of drug-likeness (QED) is 0.456. The van der Waals surface area contributed by atoms with Crippen molar-refractivity contribution in [3.8, 4) is 0 Å². The second-order valence-corrected chi connectivity index (χ2v) is 5.15. The van der Waals surface area contributed by atoms with Crippen LogP contribution in [0.25, 0.3) is 0 Å². The molecule has 1 unspecified atom stereocenters. The second-order valence-electron chi connectivity index (χ2n) is 2.87. The number of carbonyl (C=O) groups excluding carboxylic acids is 3. The highest BCUT2D eigenvalue weighted by Crippen LogP contribution is 2.27. The first-order valence-corrected chi connectivity index (χ1v) is 5.44. The molecule has 0 radical (unpaired) electrons. The van der Waals surface area contributed by atoms with Crippen LogP contribution in [0, 0.1) is 0 Å². The van der Waals surface area contributed by atoms with E-state index in [2.05, 4.69) is 9.47 Å². The summed E-state index contributed by atoms with van der Waals surface area (Å²) in [7, 11) is 1.18. The normalized spacial score (nSPS) is 12.8. The van der Waals surface area contributed by atoms with Crippen LogP contribution in [0.15, 0.2) is 0 Å². The molecule has 0 aliphatic rings. The van der Waals surface area contributed by atoms with E-state index in [0.717, 1.165) is 0 Å². The van der Waals surface area contributed by atoms with Gasteiger partial charge in [0.05, 0.1) is 13.5 Å². The molecule has 6 nitrogen and oxygen atoms in total. The van der Waals surface area contributed by atoms with Crippen LogP contribution >= 0.6 is 34.8 Å². The van der Waals surface area contributed by atoms with Crippen LogP contribution in [0.5, 0.6) is 0 Å². The molecule has 0 aromatic heterocycles. The molecule has 17 heavy (non-hydrogen) atoms. The number of methoxy groups -OCH3 is 1. The third-order valence-corrected chi connectivity index (χ3v) is 2.05. The number of halogens is 3. The monoisotopic (exact) mass is 305 g/mol. The molecular weight excluding hydrogens is 296 g/mol. The van der Waals surface area contributed by atoms with Crippen LogP contribution in [-0.4, -0.2) is 34.9 Å². The van der Waals surface area contributed by atoms with Gasteiger partial charge >= 0.3 is 11.9 Å². The summed E-state index contributed by atoms with van der Waals surface area (Å²) in [5, 5.41) is 0. The summed E-state index contributed by atoms with van der Waals surface area (Å²) in [6.45, 7) is 0. The number of ketones is 1. The standard InChI is InChI=1S/C8H10Cl3NO5/c1-16-5(14)3-2-4(13)6(12)17-7(15)8(9,10)11/h6H,2-3,12H2,1H3. The number of carbonyl (C=O) groups is 3. The number of hydrogen-bond donors (Lipinski definition) is 1. The molecule has 0 saturated carbocycles. The molecule has 0 aliphatic carbocycles. The first kappa shape index (κ1) is 16.4. The van der Waals surface area contributed by atoms with Gasteiger partial charge in [-0.1, -0.05) is 34.8 Å². The zero-order chi connectivity index (χ0) is 13.6. The van der Waals surface area contributed by atoms with Gasteiger partial charge in [0.25, 0.3) is 3.79 Å². The Kier molecular flexibility index (Phi) is 6.77. The molecule has 0 heterocycles. The van der Waals surface area contributed by atoms with Gasteiger partial charge in [-0.05, 0) is 0 Å². The Bertz CT molecular complexity index is 315. The highest BCUT2D eigenvalue weighted by Gasteiger charge is 2.35. The van der Waals surface area contributed by atoms with E-state index in [0.29, 0.717) is 0 Å². The molecule has 0 bridgehead atoms. The van der Waals surface area contributed by atoms with E-state index in [9.17, 15) is 14.4 Å². The van der Waals surface area contributed by atoms with Gasteiger partial charge in [-0.15, -0.1) is 0 Å². The van der Waals surface area contributed by atoms with E-state index in [-0.39, 0.29) is 12.8 Å². The summed E-state index contributed by atoms with van der Waals surface area (Å²) < 4.78 is 6.39. The Balaban J connectivity index is 4.15. The maximum atomic E-state index is 11.3. The summed E-state index contributed by atoms with van der Waals surface area (Å²) in [4.78, 5) is 33.1. The van der Waals surface area contributed by atoms with Crippen LogP contribution < -0.4 is 5.73 Å². The molecule has 0 fully saturated rings. The fraction of sp³-hybridized carbons (Fsp3) is 0.625. The van der Waals surface area contributed by atoms with Crippen LogP contribution in [0.1, 0.15) is 12.8 Å². The van der Waals surface area contributed by atoms with E-state index in [1.165, 1.54) is 7.11 Å². The SMILES string of the molecule is COC(=O)CCC(=O)C(N)OC(=O)C(Cl)(Cl)Cl. The smallest absolute Gasteiger partial charge is 0.360 e. The first-order chi connectivity index (χ1) is 7.68. The Morgan fingerprint density at radius 3 is 2.18 bits per heavy atom. The van der Waals surface area contributed by atoms with E-state index in [4.69, 9.17) is 40.5 Å². The van der Waals surface area contributed by atoms with Gasteiger partial charge in [-0.25, -0.2) is 4.79 Å². The fourth-order valence-electron chi connectivity index (χ4n) is 0.717. The zero-order valence-corrected chi connectivity index (χ0v) is 11.0. The molecule has 0 aliphatic heterocycles. The van der Waals surface area contributed by atoms with Crippen molar-refractivity contribution < 1.29 is 23.9 Å². The van der Waals surface area contributed by atoms with Crippen molar-refractivity contribution >= 4 is 52.5 Å². The van der Waals surface area contributed by atoms with Gasteiger partial charge in [-0.2, -0.15) is 0 Å². The largest absolute Gasteiger partial charge is 0.469 e. The molecule has 0 aromatic rings. The fourth-order valence-corrected chi connectivity index (χ4v) is 0.851. The Hall–Kier alpha value is -0.560. The van der Waals surface area contributed by atoms with Gasteiger partial charge in [0, 0.05) is 6.42 Å². The van der Waals surface area contributed by atoms with Gasteiger partial charge in [-0.3, -0.25) is 15.3 Å². The molecule has 0 amide bonds. The Labute approximate surface area is 112 Å². The van der Waals surface area contributed by atoms with Crippen LogP contribution in [0.3, 0.4) is 0 Å². The number of Topliss-reactive ketones (excluding diaryl/α,β-unsaturated/α-hetero) is 1. The average Bonchev–Trinajstić information content (AvgIpc) is 2.23. The molecule has 0 rings (SSSR count). The number of alkyl halides is 3. The number of esters is 2. The number of nitrogens with two attached hydrogens (primary N) is 1. The maximum absolute atomic E-state index is 11.3. The lowest BCUT2D eigenvalue weighted by atomic mass is 10.2. The highest BCUT2D eigenvalue weighted by molar-refractivity contribution is 6.75. The third-order valence-electron chi connectivity index (χ3n) is 1.59. The van der Waals surface area contributed by atoms with E-state index >= 15 is 0 Å². The van der Waals surface area contributed by atoms with Crippen LogP contribution in [0.4, 0.5) is 0 Å². The van der Waals surface area contributed by atoms with Crippen molar-refractivity contribution in [1.82, 2.24) is 0 Å². The summed E-state index contributed by atoms with van der Waals surface area (Å²) in [5.41, 5.74) is 5.22. The van der Waals surface area contributed by atoms with Crippen molar-refractivity contribution in [2.75, 3.05) is 7.11 Å². The van der Waals surface area contributed by atoms with Crippen molar-refractivity contribution in [1.29, 1.82) is 0 Å². The summed E-state index contributed by atoms with van der Waals surface area (Å²) >= 11 is 15.6. The molecule has 98 valence electrons. The molecular formula is C8H10Cl3NO5. The maximum Gasteiger partial charge on any atom is 0.360 e. The lowest BCUT2D eigenvalue weighted by Gasteiger charge is -2.15. The lowest BCUT2D eigenvalue weighted by molar-refractivity contribution is -0.154. The van der Waals surface area contributed by atoms with Gasteiger partial charge in [0.1, 0.15) is 0 Å². The van der Waals surface area contributed by atoms with Gasteiger partial charge in [0.2, 0.25) is 6.23 Å². The minimum absolute atomic E-state index is 0.172. The van der Waals surface area contributed by atoms with Crippen LogP contribution in [0.2, 0.25) is 0 Å². The Morgan fingerprint density at radius 1 is 1.24 bits per heavy atom. The minimum atomic E-state index is -2.31. The van der Waals surface area contributed by atoms with Gasteiger partial charge in [0.15, 0.2) is 5.78 Å². The topological polar surface area (TPSA) is 95.7 Å². The van der Waals surface area contributed by atoms with Crippen LogP contribution in [-0.2, 0) is 23.9 Å². The van der Waals surface area contributed by atoms with Crippen molar-refractivity contribution in [2.45, 2.75) is 22.9 Å². The molecule has 0 saturated heterocycles. The number of ether oxygens (including phenoxy) is 2. The molecule has 2 N–H and O–H groups in total. The summed E-state index contributed by atoms with van der Waals surface area (Å²) in [5.74, 6) is -2.53. The molecule has 1 atom stereocenters. The number of hydrogen-bond acceptors (Lipinski definition) is 6. The first-order valence-electron chi connectivity index (χ1n) is 4.31. The summed E-state index contributed by atoms with van der Waals surface area (Å²) in [6, 6.07) is 0. The van der Waals surface area contributed by atoms with E-state index in [1.54, 1.807) is 0 Å². The van der Waals surface area contributed by atoms with Crippen molar-refractivity contribution in [3.63, 3.8) is 0 Å². The second kappa shape index (κ2) is 7.00. The molecule has 0 spiro atoms. The van der Waals surface area contributed by atoms with Crippen molar-refractivity contribution in [3.05, 3.63) is 0 Å². The minimum Gasteiger partial charge on any atom is -0.469 e. The predicted molar refractivity (Wildman–Crippen MR) is 60.6 cm³/mol. The highest BCUT2D eigenvalue weighted by atomic mass is 35.6. The molecule has 0 aromatic carbocycles. The lowest BCUT2D eigenvalue weighted by Crippen LogP contribution is -2.39. The van der Waals surface area contributed by atoms with Crippen molar-refractivity contribution in [2.24, 2.45) is 5.73 Å². The predicted octanol–water partition coefficient (Wildman–Crippen LogP) is 0.707. The Morgan fingerprint density at radius 2 is 1.76 bits per heavy atom.